The number of aromatic nitrogens is 1. The first-order valence-corrected chi connectivity index (χ1v) is 12.2. The number of piperidine rings is 1. The number of hydrogen-bond acceptors (Lipinski definition) is 5. The Kier molecular flexibility index (Phi) is 7.31. The number of nitrogens with zero attached hydrogens (tertiary/aromatic N) is 2. The quantitative estimate of drug-likeness (QED) is 0.490. The van der Waals surface area contributed by atoms with Gasteiger partial charge in [0.2, 0.25) is 0 Å². The SMILES string of the molecule is C[N+]1(CCCc2ccon2)CCC(OC(=O)C(O)(c2ccccc2)C2CCCCC2)CC1. The average molecular weight is 442 g/mol. The minimum absolute atomic E-state index is 0.0766. The van der Waals surface area contributed by atoms with Gasteiger partial charge in [-0.2, -0.15) is 0 Å². The smallest absolute Gasteiger partial charge is 0.343 e. The first-order valence-electron chi connectivity index (χ1n) is 12.2. The second kappa shape index (κ2) is 10.2. The van der Waals surface area contributed by atoms with E-state index in [1.54, 1.807) is 6.26 Å². The number of ether oxygens (including phenoxy) is 1. The molecule has 1 aliphatic carbocycles. The van der Waals surface area contributed by atoms with E-state index in [1.165, 1.54) is 6.42 Å². The van der Waals surface area contributed by atoms with Gasteiger partial charge in [0.1, 0.15) is 12.4 Å². The van der Waals surface area contributed by atoms with E-state index in [0.717, 1.165) is 81.2 Å². The van der Waals surface area contributed by atoms with Crippen LogP contribution in [0.5, 0.6) is 0 Å². The van der Waals surface area contributed by atoms with E-state index in [2.05, 4.69) is 12.2 Å². The molecule has 32 heavy (non-hydrogen) atoms. The van der Waals surface area contributed by atoms with Crippen LogP contribution in [-0.4, -0.2) is 53.5 Å². The van der Waals surface area contributed by atoms with Gasteiger partial charge in [-0.1, -0.05) is 54.8 Å². The van der Waals surface area contributed by atoms with E-state index in [1.807, 2.05) is 36.4 Å². The lowest BCUT2D eigenvalue weighted by atomic mass is 9.73. The summed E-state index contributed by atoms with van der Waals surface area (Å²) in [6, 6.07) is 11.3. The molecule has 2 aromatic rings. The number of rotatable bonds is 8. The lowest BCUT2D eigenvalue weighted by Crippen LogP contribution is -2.53. The molecule has 1 saturated heterocycles. The van der Waals surface area contributed by atoms with Gasteiger partial charge in [0.05, 0.1) is 32.4 Å². The summed E-state index contributed by atoms with van der Waals surface area (Å²) < 4.78 is 11.9. The molecule has 1 aliphatic heterocycles. The van der Waals surface area contributed by atoms with Crippen molar-refractivity contribution in [2.45, 2.75) is 69.5 Å². The molecule has 2 aliphatic rings. The lowest BCUT2D eigenvalue weighted by molar-refractivity contribution is -0.915. The highest BCUT2D eigenvalue weighted by Crippen LogP contribution is 2.41. The molecule has 4 rings (SSSR count). The average Bonchev–Trinajstić information content (AvgIpc) is 3.35. The molecule has 1 aromatic carbocycles. The second-order valence-electron chi connectivity index (χ2n) is 9.96. The van der Waals surface area contributed by atoms with E-state index in [9.17, 15) is 9.90 Å². The molecule has 174 valence electrons. The van der Waals surface area contributed by atoms with Gasteiger partial charge in [-0.3, -0.25) is 0 Å². The Morgan fingerprint density at radius 2 is 1.84 bits per heavy atom. The van der Waals surface area contributed by atoms with Gasteiger partial charge in [0.25, 0.3) is 0 Å². The highest BCUT2D eigenvalue weighted by Gasteiger charge is 2.48. The molecule has 0 bridgehead atoms. The maximum absolute atomic E-state index is 13.4. The predicted molar refractivity (Wildman–Crippen MR) is 122 cm³/mol. The molecule has 1 unspecified atom stereocenters. The number of hydrogen-bond donors (Lipinski definition) is 1. The number of aliphatic hydroxyl groups is 1. The second-order valence-corrected chi connectivity index (χ2v) is 9.96. The minimum Gasteiger partial charge on any atom is -0.460 e. The van der Waals surface area contributed by atoms with Gasteiger partial charge in [-0.05, 0) is 24.8 Å². The number of esters is 1. The topological polar surface area (TPSA) is 72.6 Å². The first-order chi connectivity index (χ1) is 15.5. The molecular weight excluding hydrogens is 404 g/mol. The zero-order valence-corrected chi connectivity index (χ0v) is 19.2. The van der Waals surface area contributed by atoms with Crippen LogP contribution in [0.3, 0.4) is 0 Å². The van der Waals surface area contributed by atoms with Gasteiger partial charge in [0, 0.05) is 31.2 Å². The Bertz CT molecular complexity index is 840. The molecule has 1 saturated carbocycles. The molecule has 2 heterocycles. The van der Waals surface area contributed by atoms with E-state index in [0.29, 0.717) is 5.56 Å². The van der Waals surface area contributed by atoms with Crippen LogP contribution in [0.15, 0.2) is 47.2 Å². The van der Waals surface area contributed by atoms with Crippen LogP contribution < -0.4 is 0 Å². The fraction of sp³-hybridized carbons (Fsp3) is 0.615. The maximum Gasteiger partial charge on any atom is 0.343 e. The van der Waals surface area contributed by atoms with Crippen LogP contribution in [0.2, 0.25) is 0 Å². The molecule has 6 nitrogen and oxygen atoms in total. The monoisotopic (exact) mass is 441 g/mol. The summed E-state index contributed by atoms with van der Waals surface area (Å²) in [7, 11) is 2.28. The largest absolute Gasteiger partial charge is 0.460 e. The van der Waals surface area contributed by atoms with E-state index >= 15 is 0 Å². The number of likely N-dealkylation sites (tertiary alicyclic amines) is 1. The molecular formula is C26H37N2O4+. The molecule has 1 atom stereocenters. The Balaban J connectivity index is 1.35. The number of benzene rings is 1. The van der Waals surface area contributed by atoms with Gasteiger partial charge in [0.15, 0.2) is 5.60 Å². The number of carbonyl (C=O) groups is 1. The van der Waals surface area contributed by atoms with Crippen LogP contribution in [0.4, 0.5) is 0 Å². The Hall–Kier alpha value is -2.18. The summed E-state index contributed by atoms with van der Waals surface area (Å²) in [6.07, 6.45) is 10.2. The van der Waals surface area contributed by atoms with Crippen molar-refractivity contribution < 1.29 is 23.6 Å². The summed E-state index contributed by atoms with van der Waals surface area (Å²) in [5, 5.41) is 15.7. The molecule has 2 fully saturated rings. The zero-order valence-electron chi connectivity index (χ0n) is 19.2. The van der Waals surface area contributed by atoms with Crippen molar-refractivity contribution in [3.05, 3.63) is 53.9 Å². The van der Waals surface area contributed by atoms with E-state index in [-0.39, 0.29) is 12.0 Å². The fourth-order valence-electron chi connectivity index (χ4n) is 5.49. The van der Waals surface area contributed by atoms with E-state index in [4.69, 9.17) is 9.26 Å². The van der Waals surface area contributed by atoms with Gasteiger partial charge >= 0.3 is 5.97 Å². The van der Waals surface area contributed by atoms with Crippen molar-refractivity contribution in [1.29, 1.82) is 0 Å². The Morgan fingerprint density at radius 1 is 1.12 bits per heavy atom. The minimum atomic E-state index is -1.55. The first kappa shape index (κ1) is 23.0. The maximum atomic E-state index is 13.4. The Labute approximate surface area is 191 Å². The van der Waals surface area contributed by atoms with Crippen LogP contribution in [0, 0.1) is 5.92 Å². The fourth-order valence-corrected chi connectivity index (χ4v) is 5.49. The summed E-state index contributed by atoms with van der Waals surface area (Å²) in [6.45, 7) is 3.03. The van der Waals surface area contributed by atoms with Crippen molar-refractivity contribution in [1.82, 2.24) is 5.16 Å². The third-order valence-electron chi connectivity index (χ3n) is 7.60. The van der Waals surface area contributed by atoms with Crippen LogP contribution in [-0.2, 0) is 21.6 Å². The normalized spacial score (nSPS) is 26.4. The molecule has 6 heteroatoms. The highest BCUT2D eigenvalue weighted by atomic mass is 16.6. The highest BCUT2D eigenvalue weighted by molar-refractivity contribution is 5.81. The molecule has 0 radical (unpaired) electrons. The van der Waals surface area contributed by atoms with Crippen molar-refractivity contribution in [3.8, 4) is 0 Å². The molecule has 1 aromatic heterocycles. The Morgan fingerprint density at radius 3 is 2.50 bits per heavy atom. The van der Waals surface area contributed by atoms with Crippen LogP contribution in [0.25, 0.3) is 0 Å². The van der Waals surface area contributed by atoms with Gasteiger partial charge in [-0.25, -0.2) is 4.79 Å². The van der Waals surface area contributed by atoms with Crippen LogP contribution >= 0.6 is 0 Å². The number of quaternary nitrogens is 1. The zero-order chi connectivity index (χ0) is 22.4. The van der Waals surface area contributed by atoms with Crippen molar-refractivity contribution in [3.63, 3.8) is 0 Å². The van der Waals surface area contributed by atoms with Crippen molar-refractivity contribution >= 4 is 5.97 Å². The third-order valence-corrected chi connectivity index (χ3v) is 7.60. The van der Waals surface area contributed by atoms with Gasteiger partial charge < -0.3 is 18.8 Å². The summed E-state index contributed by atoms with van der Waals surface area (Å²) >= 11 is 0. The summed E-state index contributed by atoms with van der Waals surface area (Å²) in [5.41, 5.74) is 0.124. The number of carbonyl (C=O) groups excluding carboxylic acids is 1. The van der Waals surface area contributed by atoms with E-state index < -0.39 is 11.6 Å². The lowest BCUT2D eigenvalue weighted by Gasteiger charge is -2.42. The summed E-state index contributed by atoms with van der Waals surface area (Å²) in [5.74, 6) is -0.532. The van der Waals surface area contributed by atoms with Crippen molar-refractivity contribution in [2.24, 2.45) is 5.92 Å². The molecule has 1 N–H and O–H groups in total. The van der Waals surface area contributed by atoms with Crippen LogP contribution in [0.1, 0.15) is 62.6 Å². The predicted octanol–water partition coefficient (Wildman–Crippen LogP) is 4.23. The third kappa shape index (κ3) is 5.24. The number of aryl methyl sites for hydroxylation is 1. The molecule has 0 spiro atoms. The van der Waals surface area contributed by atoms with Gasteiger partial charge in [-0.15, -0.1) is 0 Å². The molecule has 0 amide bonds. The summed E-state index contributed by atoms with van der Waals surface area (Å²) in [4.78, 5) is 13.4. The van der Waals surface area contributed by atoms with Crippen molar-refractivity contribution in [2.75, 3.05) is 26.7 Å². The standard InChI is InChI=1S/C26H37N2O4/c1-28(17-8-13-23-16-20-31-27-23)18-14-24(15-19-28)32-25(29)26(30,21-9-4-2-5-10-21)22-11-6-3-7-12-22/h2,4-5,9-10,16,20,22,24,30H,3,6-8,11-15,17-19H2,1H3/q+1.